The van der Waals surface area contributed by atoms with Crippen LogP contribution in [0.2, 0.25) is 5.02 Å². The summed E-state index contributed by atoms with van der Waals surface area (Å²) < 4.78 is 0. The van der Waals surface area contributed by atoms with Gasteiger partial charge in [0.1, 0.15) is 5.02 Å². The van der Waals surface area contributed by atoms with Crippen molar-refractivity contribution in [2.24, 2.45) is 0 Å². The van der Waals surface area contributed by atoms with Crippen molar-refractivity contribution in [2.45, 2.75) is 19.4 Å². The van der Waals surface area contributed by atoms with Gasteiger partial charge in [-0.25, -0.2) is 0 Å². The van der Waals surface area contributed by atoms with Gasteiger partial charge in [-0.15, -0.1) is 0 Å². The molecule has 0 atom stereocenters. The maximum absolute atomic E-state index is 11.0. The Morgan fingerprint density at radius 3 is 2.86 bits per heavy atom. The quantitative estimate of drug-likeness (QED) is 0.630. The highest BCUT2D eigenvalue weighted by Gasteiger charge is 2.18. The molecule has 0 N–H and O–H groups in total. The zero-order valence-corrected chi connectivity index (χ0v) is 12.2. The Balaban J connectivity index is 1.88. The number of nitrogens with zero attached hydrogens (tertiary/aromatic N) is 2. The Labute approximate surface area is 128 Å². The molecule has 0 saturated heterocycles. The largest absolute Gasteiger partial charge is 0.367 e. The maximum Gasteiger partial charge on any atom is 0.288 e. The van der Waals surface area contributed by atoms with E-state index in [-0.39, 0.29) is 10.7 Å². The molecule has 3 rings (SSSR count). The summed E-state index contributed by atoms with van der Waals surface area (Å²) >= 11 is 5.86. The summed E-state index contributed by atoms with van der Waals surface area (Å²) in [5.41, 5.74) is 3.44. The number of nitro groups is 1. The summed E-state index contributed by atoms with van der Waals surface area (Å²) in [5.74, 6) is 0. The number of hydrogen-bond acceptors (Lipinski definition) is 3. The SMILES string of the molecule is O=[N+]([O-])c1cc(CN2CCCc3ccccc32)ccc1Cl. The molecule has 0 fully saturated rings. The van der Waals surface area contributed by atoms with Crippen molar-refractivity contribution < 1.29 is 4.92 Å². The maximum atomic E-state index is 11.0. The van der Waals surface area contributed by atoms with E-state index in [1.165, 1.54) is 11.3 Å². The van der Waals surface area contributed by atoms with E-state index in [1.54, 1.807) is 12.1 Å². The van der Waals surface area contributed by atoms with Crippen molar-refractivity contribution in [3.63, 3.8) is 0 Å². The van der Waals surface area contributed by atoms with E-state index in [1.807, 2.05) is 12.1 Å². The fourth-order valence-electron chi connectivity index (χ4n) is 2.79. The van der Waals surface area contributed by atoms with Gasteiger partial charge < -0.3 is 4.90 Å². The lowest BCUT2D eigenvalue weighted by Gasteiger charge is -2.31. The van der Waals surface area contributed by atoms with E-state index in [9.17, 15) is 10.1 Å². The Hall–Kier alpha value is -2.07. The molecular weight excluding hydrogens is 288 g/mol. The van der Waals surface area contributed by atoms with Crippen LogP contribution >= 0.6 is 11.6 Å². The first-order valence-corrected chi connectivity index (χ1v) is 7.28. The third-order valence-electron chi connectivity index (χ3n) is 3.79. The topological polar surface area (TPSA) is 46.4 Å². The van der Waals surface area contributed by atoms with Crippen molar-refractivity contribution >= 4 is 23.0 Å². The Morgan fingerprint density at radius 1 is 1.24 bits per heavy atom. The van der Waals surface area contributed by atoms with Crippen LogP contribution in [0, 0.1) is 10.1 Å². The standard InChI is InChI=1S/C16H15ClN2O2/c17-14-8-7-12(10-16(14)19(20)21)11-18-9-3-5-13-4-1-2-6-15(13)18/h1-2,4,6-8,10H,3,5,9,11H2. The molecule has 0 bridgehead atoms. The number of hydrogen-bond donors (Lipinski definition) is 0. The molecular formula is C16H15ClN2O2. The summed E-state index contributed by atoms with van der Waals surface area (Å²) in [6.45, 7) is 1.63. The lowest BCUT2D eigenvalue weighted by Crippen LogP contribution is -2.28. The minimum atomic E-state index is -0.435. The van der Waals surface area contributed by atoms with Gasteiger partial charge in [-0.3, -0.25) is 10.1 Å². The average molecular weight is 303 g/mol. The number of fused-ring (bicyclic) bond motifs is 1. The van der Waals surface area contributed by atoms with Crippen LogP contribution in [0.1, 0.15) is 17.5 Å². The highest BCUT2D eigenvalue weighted by molar-refractivity contribution is 6.32. The molecule has 0 spiro atoms. The third-order valence-corrected chi connectivity index (χ3v) is 4.11. The van der Waals surface area contributed by atoms with Gasteiger partial charge in [0.25, 0.3) is 5.69 Å². The normalized spacial score (nSPS) is 13.9. The van der Waals surface area contributed by atoms with Crippen molar-refractivity contribution in [1.82, 2.24) is 0 Å². The second kappa shape index (κ2) is 5.74. The molecule has 1 heterocycles. The molecule has 0 aliphatic carbocycles. The van der Waals surface area contributed by atoms with E-state index in [0.29, 0.717) is 6.54 Å². The zero-order chi connectivity index (χ0) is 14.8. The lowest BCUT2D eigenvalue weighted by atomic mass is 10.0. The molecule has 2 aromatic rings. The molecule has 2 aromatic carbocycles. The van der Waals surface area contributed by atoms with E-state index in [2.05, 4.69) is 23.1 Å². The lowest BCUT2D eigenvalue weighted by molar-refractivity contribution is -0.384. The van der Waals surface area contributed by atoms with E-state index in [4.69, 9.17) is 11.6 Å². The van der Waals surface area contributed by atoms with Gasteiger partial charge in [0.15, 0.2) is 0 Å². The fraction of sp³-hybridized carbons (Fsp3) is 0.250. The summed E-state index contributed by atoms with van der Waals surface area (Å²) in [6, 6.07) is 13.4. The zero-order valence-electron chi connectivity index (χ0n) is 11.5. The van der Waals surface area contributed by atoms with Gasteiger partial charge in [0, 0.05) is 24.8 Å². The molecule has 1 aliphatic rings. The first kappa shape index (κ1) is 13.9. The second-order valence-corrected chi connectivity index (χ2v) is 5.60. The first-order chi connectivity index (χ1) is 10.1. The smallest absolute Gasteiger partial charge is 0.288 e. The average Bonchev–Trinajstić information content (AvgIpc) is 2.49. The molecule has 1 aliphatic heterocycles. The summed E-state index contributed by atoms with van der Waals surface area (Å²) in [7, 11) is 0. The number of benzene rings is 2. The van der Waals surface area contributed by atoms with Gasteiger partial charge in [0.2, 0.25) is 0 Å². The number of nitro benzene ring substituents is 1. The van der Waals surface area contributed by atoms with Crippen molar-refractivity contribution in [1.29, 1.82) is 0 Å². The van der Waals surface area contributed by atoms with Crippen LogP contribution in [-0.4, -0.2) is 11.5 Å². The number of para-hydroxylation sites is 1. The van der Waals surface area contributed by atoms with Gasteiger partial charge in [-0.05, 0) is 36.1 Å². The summed E-state index contributed by atoms with van der Waals surface area (Å²) in [6.07, 6.45) is 2.19. The monoisotopic (exact) mass is 302 g/mol. The molecule has 0 radical (unpaired) electrons. The Kier molecular flexibility index (Phi) is 3.80. The van der Waals surface area contributed by atoms with Crippen LogP contribution in [-0.2, 0) is 13.0 Å². The molecule has 5 heteroatoms. The van der Waals surface area contributed by atoms with Gasteiger partial charge in [-0.1, -0.05) is 35.9 Å². The second-order valence-electron chi connectivity index (χ2n) is 5.20. The molecule has 108 valence electrons. The Bertz CT molecular complexity index is 688. The molecule has 4 nitrogen and oxygen atoms in total. The van der Waals surface area contributed by atoms with Gasteiger partial charge in [-0.2, -0.15) is 0 Å². The minimum Gasteiger partial charge on any atom is -0.367 e. The first-order valence-electron chi connectivity index (χ1n) is 6.91. The Morgan fingerprint density at radius 2 is 2.05 bits per heavy atom. The van der Waals surface area contributed by atoms with Crippen LogP contribution in [0.4, 0.5) is 11.4 Å². The molecule has 0 saturated carbocycles. The van der Waals surface area contributed by atoms with Gasteiger partial charge >= 0.3 is 0 Å². The highest BCUT2D eigenvalue weighted by Crippen LogP contribution is 2.30. The van der Waals surface area contributed by atoms with Crippen LogP contribution in [0.15, 0.2) is 42.5 Å². The van der Waals surface area contributed by atoms with Gasteiger partial charge in [0.05, 0.1) is 4.92 Å². The van der Waals surface area contributed by atoms with Crippen LogP contribution in [0.5, 0.6) is 0 Å². The molecule has 0 amide bonds. The highest BCUT2D eigenvalue weighted by atomic mass is 35.5. The molecule has 21 heavy (non-hydrogen) atoms. The number of aryl methyl sites for hydroxylation is 1. The van der Waals surface area contributed by atoms with Crippen molar-refractivity contribution in [2.75, 3.05) is 11.4 Å². The predicted molar refractivity (Wildman–Crippen MR) is 83.9 cm³/mol. The predicted octanol–water partition coefficient (Wildman–Crippen LogP) is 4.20. The summed E-state index contributed by atoms with van der Waals surface area (Å²) in [4.78, 5) is 12.8. The van der Waals surface area contributed by atoms with Crippen LogP contribution in [0.25, 0.3) is 0 Å². The van der Waals surface area contributed by atoms with Crippen LogP contribution in [0.3, 0.4) is 0 Å². The minimum absolute atomic E-state index is 0.0283. The fourth-order valence-corrected chi connectivity index (χ4v) is 2.98. The van der Waals surface area contributed by atoms with E-state index >= 15 is 0 Å². The van der Waals surface area contributed by atoms with E-state index in [0.717, 1.165) is 24.9 Å². The number of halogens is 1. The molecule has 0 aromatic heterocycles. The van der Waals surface area contributed by atoms with Crippen LogP contribution < -0.4 is 4.90 Å². The van der Waals surface area contributed by atoms with Crippen molar-refractivity contribution in [3.8, 4) is 0 Å². The molecule has 0 unspecified atom stereocenters. The van der Waals surface area contributed by atoms with Crippen molar-refractivity contribution in [3.05, 3.63) is 68.7 Å². The number of anilines is 1. The van der Waals surface area contributed by atoms with E-state index < -0.39 is 4.92 Å². The third kappa shape index (κ3) is 2.85. The number of rotatable bonds is 3. The summed E-state index contributed by atoms with van der Waals surface area (Å²) in [5, 5.41) is 11.2.